The molecule has 0 amide bonds. The van der Waals surface area contributed by atoms with Crippen LogP contribution in [0.4, 0.5) is 0 Å². The summed E-state index contributed by atoms with van der Waals surface area (Å²) in [6.07, 6.45) is 28.1. The van der Waals surface area contributed by atoms with Gasteiger partial charge in [0.2, 0.25) is 0 Å². The van der Waals surface area contributed by atoms with E-state index in [1.807, 2.05) is 0 Å². The summed E-state index contributed by atoms with van der Waals surface area (Å²) in [6, 6.07) is 2.81. The number of unbranched alkanes of at least 4 members (excludes halogenated alkanes) is 4. The molecule has 0 N–H and O–H groups in total. The Kier molecular flexibility index (Phi) is 10.1. The molecule has 30 heavy (non-hydrogen) atoms. The molecule has 172 valence electrons. The number of hydrogen-bond acceptors (Lipinski definition) is 1. The summed E-state index contributed by atoms with van der Waals surface area (Å²) in [7, 11) is 0. The van der Waals surface area contributed by atoms with E-state index in [1.165, 1.54) is 122 Å². The van der Waals surface area contributed by atoms with Crippen molar-refractivity contribution in [2.75, 3.05) is 0 Å². The van der Waals surface area contributed by atoms with Crippen molar-refractivity contribution in [1.29, 1.82) is 5.26 Å². The molecule has 0 aliphatic heterocycles. The van der Waals surface area contributed by atoms with E-state index in [4.69, 9.17) is 0 Å². The van der Waals surface area contributed by atoms with E-state index in [0.29, 0.717) is 0 Å². The largest absolute Gasteiger partial charge is 0.198 e. The molecule has 0 heterocycles. The quantitative estimate of drug-likeness (QED) is 0.327. The zero-order valence-electron chi connectivity index (χ0n) is 20.5. The van der Waals surface area contributed by atoms with Crippen molar-refractivity contribution in [2.24, 2.45) is 35.0 Å². The molecule has 0 aromatic rings. The van der Waals surface area contributed by atoms with Crippen LogP contribution in [-0.2, 0) is 0 Å². The fraction of sp³-hybridized carbons (Fsp3) is 0.966. The number of nitrogens with zero attached hydrogens (tertiary/aromatic N) is 1. The smallest absolute Gasteiger partial charge is 0.0689 e. The van der Waals surface area contributed by atoms with Crippen LogP contribution < -0.4 is 0 Å². The molecule has 0 bridgehead atoms. The number of rotatable bonds is 10. The zero-order chi connectivity index (χ0) is 21.2. The Hall–Kier alpha value is -0.510. The van der Waals surface area contributed by atoms with Crippen LogP contribution in [0.15, 0.2) is 0 Å². The van der Waals surface area contributed by atoms with Crippen LogP contribution in [0.3, 0.4) is 0 Å². The van der Waals surface area contributed by atoms with Crippen molar-refractivity contribution in [1.82, 2.24) is 0 Å². The molecule has 3 rings (SSSR count). The molecular weight excluding hydrogens is 362 g/mol. The first kappa shape index (κ1) is 24.1. The lowest BCUT2D eigenvalue weighted by molar-refractivity contribution is 0.0814. The summed E-state index contributed by atoms with van der Waals surface area (Å²) in [5.41, 5.74) is 0.0330. The second kappa shape index (κ2) is 12.5. The van der Waals surface area contributed by atoms with Crippen molar-refractivity contribution in [3.05, 3.63) is 0 Å². The van der Waals surface area contributed by atoms with Crippen LogP contribution in [0.1, 0.15) is 142 Å². The molecule has 1 heteroatoms. The first-order valence-electron chi connectivity index (χ1n) is 14.1. The lowest BCUT2D eigenvalue weighted by atomic mass is 9.61. The minimum Gasteiger partial charge on any atom is -0.198 e. The van der Waals surface area contributed by atoms with Crippen LogP contribution in [0, 0.1) is 46.3 Å². The maximum absolute atomic E-state index is 9.95. The summed E-state index contributed by atoms with van der Waals surface area (Å²) in [5, 5.41) is 9.95. The Balaban J connectivity index is 1.38. The predicted octanol–water partition coefficient (Wildman–Crippen LogP) is 9.46. The Bertz CT molecular complexity index is 503. The Morgan fingerprint density at radius 3 is 1.90 bits per heavy atom. The maximum Gasteiger partial charge on any atom is 0.0689 e. The van der Waals surface area contributed by atoms with Gasteiger partial charge in [0, 0.05) is 0 Å². The molecule has 2 atom stereocenters. The van der Waals surface area contributed by atoms with Crippen LogP contribution in [-0.4, -0.2) is 0 Å². The Labute approximate surface area is 188 Å². The molecule has 1 nitrogen and oxygen atoms in total. The fourth-order valence-corrected chi connectivity index (χ4v) is 7.61. The Morgan fingerprint density at radius 2 is 1.30 bits per heavy atom. The molecular formula is C29H51N. The van der Waals surface area contributed by atoms with Gasteiger partial charge in [-0.3, -0.25) is 0 Å². The van der Waals surface area contributed by atoms with Crippen molar-refractivity contribution in [3.63, 3.8) is 0 Å². The van der Waals surface area contributed by atoms with Crippen LogP contribution in [0.2, 0.25) is 0 Å². The molecule has 2 unspecified atom stereocenters. The monoisotopic (exact) mass is 413 g/mol. The summed E-state index contributed by atoms with van der Waals surface area (Å²) < 4.78 is 0. The molecule has 3 aliphatic carbocycles. The molecule has 3 saturated carbocycles. The van der Waals surface area contributed by atoms with E-state index in [-0.39, 0.29) is 5.41 Å². The maximum atomic E-state index is 9.95. The van der Waals surface area contributed by atoms with Gasteiger partial charge in [-0.15, -0.1) is 0 Å². The SMILES string of the molecule is CCCCCC[C@H]1CC[C@H]([C@H]2CC[C@H](C3CCCC(C#N)(CCCC)C3)CC2)CC1. The average molecular weight is 414 g/mol. The zero-order valence-corrected chi connectivity index (χ0v) is 20.5. The first-order chi connectivity index (χ1) is 14.7. The van der Waals surface area contributed by atoms with Crippen molar-refractivity contribution >= 4 is 0 Å². The summed E-state index contributed by atoms with van der Waals surface area (Å²) in [6.45, 7) is 4.59. The highest BCUT2D eigenvalue weighted by atomic mass is 14.5. The molecule has 3 fully saturated rings. The van der Waals surface area contributed by atoms with E-state index >= 15 is 0 Å². The van der Waals surface area contributed by atoms with E-state index in [0.717, 1.165) is 36.0 Å². The highest BCUT2D eigenvalue weighted by molar-refractivity contribution is 5.03. The van der Waals surface area contributed by atoms with Gasteiger partial charge in [0.1, 0.15) is 0 Å². The molecule has 0 aromatic carbocycles. The molecule has 0 aromatic heterocycles. The normalized spacial score (nSPS) is 37.6. The van der Waals surface area contributed by atoms with Gasteiger partial charge in [0.15, 0.2) is 0 Å². The van der Waals surface area contributed by atoms with Gasteiger partial charge in [0.25, 0.3) is 0 Å². The standard InChI is InChI=1S/C29H51N/c1-3-5-7-8-10-24-12-14-25(15-13-24)26-16-18-27(19-17-26)28-11-9-21-29(22-28,23-30)20-6-4-2/h24-28H,3-22H2,1-2H3/t24-,25-,26-,27-,28?,29?. The summed E-state index contributed by atoms with van der Waals surface area (Å²) >= 11 is 0. The number of nitriles is 1. The van der Waals surface area contributed by atoms with Gasteiger partial charge < -0.3 is 0 Å². The number of hydrogen-bond donors (Lipinski definition) is 0. The first-order valence-corrected chi connectivity index (χ1v) is 14.1. The predicted molar refractivity (Wildman–Crippen MR) is 129 cm³/mol. The van der Waals surface area contributed by atoms with Crippen LogP contribution >= 0.6 is 0 Å². The van der Waals surface area contributed by atoms with Crippen molar-refractivity contribution in [2.45, 2.75) is 142 Å². The van der Waals surface area contributed by atoms with Crippen LogP contribution in [0.25, 0.3) is 0 Å². The third-order valence-corrected chi connectivity index (χ3v) is 9.64. The fourth-order valence-electron chi connectivity index (χ4n) is 7.61. The van der Waals surface area contributed by atoms with E-state index in [2.05, 4.69) is 19.9 Å². The van der Waals surface area contributed by atoms with Gasteiger partial charge in [0.05, 0.1) is 11.5 Å². The summed E-state index contributed by atoms with van der Waals surface area (Å²) in [5.74, 6) is 4.93. The van der Waals surface area contributed by atoms with Gasteiger partial charge in [-0.25, -0.2) is 0 Å². The van der Waals surface area contributed by atoms with Crippen LogP contribution in [0.5, 0.6) is 0 Å². The van der Waals surface area contributed by atoms with Crippen molar-refractivity contribution < 1.29 is 0 Å². The molecule has 3 aliphatic rings. The van der Waals surface area contributed by atoms with Gasteiger partial charge in [-0.05, 0) is 87.4 Å². The Morgan fingerprint density at radius 1 is 0.700 bits per heavy atom. The minimum absolute atomic E-state index is 0.0330. The van der Waals surface area contributed by atoms with E-state index < -0.39 is 0 Å². The second-order valence-electron chi connectivity index (χ2n) is 11.7. The third-order valence-electron chi connectivity index (χ3n) is 9.64. The van der Waals surface area contributed by atoms with Gasteiger partial charge in [-0.1, -0.05) is 84.5 Å². The third kappa shape index (κ3) is 6.74. The second-order valence-corrected chi connectivity index (χ2v) is 11.7. The highest BCUT2D eigenvalue weighted by Crippen LogP contribution is 2.50. The van der Waals surface area contributed by atoms with Gasteiger partial charge in [-0.2, -0.15) is 5.26 Å². The van der Waals surface area contributed by atoms with Crippen molar-refractivity contribution in [3.8, 4) is 6.07 Å². The minimum atomic E-state index is 0.0330. The van der Waals surface area contributed by atoms with Gasteiger partial charge >= 0.3 is 0 Å². The molecule has 0 saturated heterocycles. The topological polar surface area (TPSA) is 23.8 Å². The lowest BCUT2D eigenvalue weighted by Gasteiger charge is -2.43. The molecule has 0 radical (unpaired) electrons. The van der Waals surface area contributed by atoms with E-state index in [1.54, 1.807) is 0 Å². The van der Waals surface area contributed by atoms with E-state index in [9.17, 15) is 5.26 Å². The lowest BCUT2D eigenvalue weighted by Crippen LogP contribution is -2.34. The average Bonchev–Trinajstić information content (AvgIpc) is 2.81. The highest BCUT2D eigenvalue weighted by Gasteiger charge is 2.40. The molecule has 0 spiro atoms. The summed E-state index contributed by atoms with van der Waals surface area (Å²) in [4.78, 5) is 0.